The Hall–Kier alpha value is -3.21. The van der Waals surface area contributed by atoms with Gasteiger partial charge in [0.25, 0.3) is 5.56 Å². The van der Waals surface area contributed by atoms with Crippen molar-refractivity contribution >= 4 is 10.9 Å². The summed E-state index contributed by atoms with van der Waals surface area (Å²) in [5, 5.41) is 0.581. The van der Waals surface area contributed by atoms with Crippen LogP contribution >= 0.6 is 0 Å². The minimum absolute atomic E-state index is 0.148. The van der Waals surface area contributed by atoms with Gasteiger partial charge in [0.15, 0.2) is 12.2 Å². The molecule has 2 aromatic heterocycles. The molecule has 0 unspecified atom stereocenters. The Balaban J connectivity index is 1.89. The molecule has 0 radical (unpaired) electrons. The molecule has 5 heteroatoms. The number of rotatable bonds is 2. The van der Waals surface area contributed by atoms with Crippen molar-refractivity contribution in [1.29, 1.82) is 0 Å². The van der Waals surface area contributed by atoms with Crippen LogP contribution in [-0.2, 0) is 0 Å². The molecule has 0 saturated carbocycles. The van der Waals surface area contributed by atoms with Crippen LogP contribution in [-0.4, -0.2) is 15.0 Å². The monoisotopic (exact) mass is 289 g/mol. The number of benzene rings is 2. The van der Waals surface area contributed by atoms with Crippen LogP contribution in [0.1, 0.15) is 0 Å². The fraction of sp³-hybridized carbons (Fsp3) is 0. The van der Waals surface area contributed by atoms with Gasteiger partial charge in [-0.3, -0.25) is 4.79 Å². The van der Waals surface area contributed by atoms with Crippen LogP contribution in [0.15, 0.2) is 70.3 Å². The second-order valence-electron chi connectivity index (χ2n) is 4.88. The maximum atomic E-state index is 12.2. The molecule has 0 atom stereocenters. The van der Waals surface area contributed by atoms with E-state index in [2.05, 4.69) is 15.0 Å². The van der Waals surface area contributed by atoms with Gasteiger partial charge in [0.05, 0.1) is 17.1 Å². The first-order chi connectivity index (χ1) is 10.8. The highest BCUT2D eigenvalue weighted by atomic mass is 16.3. The third kappa shape index (κ3) is 2.09. The van der Waals surface area contributed by atoms with Crippen molar-refractivity contribution in [2.24, 2.45) is 0 Å². The van der Waals surface area contributed by atoms with Crippen molar-refractivity contribution in [3.8, 4) is 22.7 Å². The number of H-pyrrole nitrogens is 1. The SMILES string of the molecule is O=c1[nH]c(-c2cccc(-c3cnco3)c2)nc2ccccc12. The molecule has 0 aliphatic heterocycles. The van der Waals surface area contributed by atoms with Crippen molar-refractivity contribution < 1.29 is 4.42 Å². The molecular weight excluding hydrogens is 278 g/mol. The maximum Gasteiger partial charge on any atom is 0.259 e. The molecule has 0 amide bonds. The average Bonchev–Trinajstić information content (AvgIpc) is 3.09. The minimum Gasteiger partial charge on any atom is -0.444 e. The molecule has 0 aliphatic carbocycles. The quantitative estimate of drug-likeness (QED) is 0.615. The summed E-state index contributed by atoms with van der Waals surface area (Å²) >= 11 is 0. The van der Waals surface area contributed by atoms with E-state index >= 15 is 0 Å². The van der Waals surface area contributed by atoms with Crippen LogP contribution < -0.4 is 5.56 Å². The molecule has 0 bridgehead atoms. The molecule has 0 saturated heterocycles. The lowest BCUT2D eigenvalue weighted by molar-refractivity contribution is 0.572. The fourth-order valence-electron chi connectivity index (χ4n) is 2.40. The Labute approximate surface area is 125 Å². The maximum absolute atomic E-state index is 12.2. The van der Waals surface area contributed by atoms with Gasteiger partial charge in [-0.25, -0.2) is 9.97 Å². The van der Waals surface area contributed by atoms with E-state index in [9.17, 15) is 4.79 Å². The summed E-state index contributed by atoms with van der Waals surface area (Å²) in [4.78, 5) is 23.4. The van der Waals surface area contributed by atoms with Crippen LogP contribution in [0.2, 0.25) is 0 Å². The Morgan fingerprint density at radius 3 is 2.73 bits per heavy atom. The van der Waals surface area contributed by atoms with Crippen molar-refractivity contribution in [1.82, 2.24) is 15.0 Å². The van der Waals surface area contributed by atoms with Gasteiger partial charge in [0.2, 0.25) is 0 Å². The number of hydrogen-bond acceptors (Lipinski definition) is 4. The number of para-hydroxylation sites is 1. The van der Waals surface area contributed by atoms with Gasteiger partial charge in [-0.1, -0.05) is 30.3 Å². The van der Waals surface area contributed by atoms with Gasteiger partial charge >= 0.3 is 0 Å². The molecule has 4 aromatic rings. The molecule has 22 heavy (non-hydrogen) atoms. The smallest absolute Gasteiger partial charge is 0.259 e. The third-order valence-electron chi connectivity index (χ3n) is 3.47. The zero-order chi connectivity index (χ0) is 14.9. The summed E-state index contributed by atoms with van der Waals surface area (Å²) in [6.07, 6.45) is 3.04. The standard InChI is InChI=1S/C17H11N3O2/c21-17-13-6-1-2-7-14(13)19-16(20-17)12-5-3-4-11(8-12)15-9-18-10-22-15/h1-10H,(H,19,20,21). The topological polar surface area (TPSA) is 71.8 Å². The molecule has 0 fully saturated rings. The second-order valence-corrected chi connectivity index (χ2v) is 4.88. The number of hydrogen-bond donors (Lipinski definition) is 1. The van der Waals surface area contributed by atoms with E-state index in [0.29, 0.717) is 22.5 Å². The van der Waals surface area contributed by atoms with Crippen LogP contribution in [0.5, 0.6) is 0 Å². The predicted octanol–water partition coefficient (Wildman–Crippen LogP) is 3.25. The van der Waals surface area contributed by atoms with E-state index < -0.39 is 0 Å². The van der Waals surface area contributed by atoms with Crippen molar-refractivity contribution in [2.45, 2.75) is 0 Å². The van der Waals surface area contributed by atoms with Crippen molar-refractivity contribution in [2.75, 3.05) is 0 Å². The Kier molecular flexibility index (Phi) is 2.83. The molecular formula is C17H11N3O2. The molecule has 0 aliphatic rings. The first-order valence-electron chi connectivity index (χ1n) is 6.79. The Morgan fingerprint density at radius 2 is 1.86 bits per heavy atom. The lowest BCUT2D eigenvalue weighted by Gasteiger charge is -2.04. The van der Waals surface area contributed by atoms with E-state index in [-0.39, 0.29) is 5.56 Å². The summed E-state index contributed by atoms with van der Waals surface area (Å²) in [7, 11) is 0. The molecule has 5 nitrogen and oxygen atoms in total. The van der Waals surface area contributed by atoms with Gasteiger partial charge in [0.1, 0.15) is 5.82 Å². The molecule has 2 aromatic carbocycles. The first kappa shape index (κ1) is 12.5. The van der Waals surface area contributed by atoms with Gasteiger partial charge in [-0.2, -0.15) is 0 Å². The lowest BCUT2D eigenvalue weighted by atomic mass is 10.1. The highest BCUT2D eigenvalue weighted by Crippen LogP contribution is 2.24. The second kappa shape index (κ2) is 4.96. The number of aromatic nitrogens is 3. The highest BCUT2D eigenvalue weighted by Gasteiger charge is 2.08. The molecule has 106 valence electrons. The normalized spacial score (nSPS) is 10.9. The lowest BCUT2D eigenvalue weighted by Crippen LogP contribution is -2.09. The molecule has 2 heterocycles. The molecule has 4 rings (SSSR count). The average molecular weight is 289 g/mol. The van der Waals surface area contributed by atoms with Crippen LogP contribution in [0, 0.1) is 0 Å². The van der Waals surface area contributed by atoms with Crippen LogP contribution in [0.25, 0.3) is 33.6 Å². The van der Waals surface area contributed by atoms with Crippen molar-refractivity contribution in [3.05, 3.63) is 71.5 Å². The van der Waals surface area contributed by atoms with E-state index in [4.69, 9.17) is 4.42 Å². The number of nitrogens with zero attached hydrogens (tertiary/aromatic N) is 2. The van der Waals surface area contributed by atoms with Crippen LogP contribution in [0.3, 0.4) is 0 Å². The summed E-state index contributed by atoms with van der Waals surface area (Å²) < 4.78 is 5.30. The largest absolute Gasteiger partial charge is 0.444 e. The summed E-state index contributed by atoms with van der Waals surface area (Å²) in [6, 6.07) is 14.9. The third-order valence-corrected chi connectivity index (χ3v) is 3.47. The van der Waals surface area contributed by atoms with Gasteiger partial charge < -0.3 is 9.40 Å². The van der Waals surface area contributed by atoms with E-state index in [0.717, 1.165) is 11.1 Å². The summed E-state index contributed by atoms with van der Waals surface area (Å²) in [5.41, 5.74) is 2.22. The molecule has 1 N–H and O–H groups in total. The van der Waals surface area contributed by atoms with E-state index in [1.807, 2.05) is 42.5 Å². The van der Waals surface area contributed by atoms with E-state index in [1.165, 1.54) is 6.39 Å². The zero-order valence-electron chi connectivity index (χ0n) is 11.5. The van der Waals surface area contributed by atoms with Gasteiger partial charge in [-0.05, 0) is 18.2 Å². The molecule has 0 spiro atoms. The van der Waals surface area contributed by atoms with Gasteiger partial charge in [0, 0.05) is 11.1 Å². The summed E-state index contributed by atoms with van der Waals surface area (Å²) in [6.45, 7) is 0. The first-order valence-corrected chi connectivity index (χ1v) is 6.79. The zero-order valence-corrected chi connectivity index (χ0v) is 11.5. The van der Waals surface area contributed by atoms with Crippen molar-refractivity contribution in [3.63, 3.8) is 0 Å². The Bertz CT molecular complexity index is 1000. The Morgan fingerprint density at radius 1 is 1.00 bits per heavy atom. The van der Waals surface area contributed by atoms with E-state index in [1.54, 1.807) is 12.3 Å². The fourth-order valence-corrected chi connectivity index (χ4v) is 2.40. The number of aromatic amines is 1. The number of fused-ring (bicyclic) bond motifs is 1. The summed E-state index contributed by atoms with van der Waals surface area (Å²) in [5.74, 6) is 1.20. The highest BCUT2D eigenvalue weighted by molar-refractivity contribution is 5.79. The number of nitrogens with one attached hydrogen (secondary N) is 1. The number of oxazole rings is 1. The van der Waals surface area contributed by atoms with Crippen LogP contribution in [0.4, 0.5) is 0 Å². The minimum atomic E-state index is -0.148. The van der Waals surface area contributed by atoms with Gasteiger partial charge in [-0.15, -0.1) is 0 Å². The predicted molar refractivity (Wildman–Crippen MR) is 83.3 cm³/mol.